The monoisotopic (exact) mass is 484 g/mol. The molecule has 1 heterocycles. The summed E-state index contributed by atoms with van der Waals surface area (Å²) in [6.07, 6.45) is -2.31. The summed E-state index contributed by atoms with van der Waals surface area (Å²) in [5.41, 5.74) is 3.73. The van der Waals surface area contributed by atoms with E-state index in [1.54, 1.807) is 4.90 Å². The minimum atomic E-state index is -4.81. The Morgan fingerprint density at radius 3 is 2.44 bits per heavy atom. The van der Waals surface area contributed by atoms with Gasteiger partial charge in [0, 0.05) is 24.8 Å². The summed E-state index contributed by atoms with van der Waals surface area (Å²) in [5.74, 6) is -2.29. The summed E-state index contributed by atoms with van der Waals surface area (Å²) < 4.78 is 46.7. The molecule has 1 atom stereocenters. The minimum absolute atomic E-state index is 0.0423. The van der Waals surface area contributed by atoms with Crippen molar-refractivity contribution in [1.29, 1.82) is 0 Å². The Balaban J connectivity index is 1.91. The summed E-state index contributed by atoms with van der Waals surface area (Å²) in [6.45, 7) is 6.32. The van der Waals surface area contributed by atoms with Crippen LogP contribution in [0.25, 0.3) is 0 Å². The SMILES string of the molecule is CC(C)(C)CN(C1CCC1)[C@H](C(N)=O)C(=O)Nc1ccc(N2CCOCC2=O)cc1C(F)(F)F. The van der Waals surface area contributed by atoms with E-state index in [-0.39, 0.29) is 36.9 Å². The number of amides is 3. The lowest BCUT2D eigenvalue weighted by atomic mass is 9.86. The maximum absolute atomic E-state index is 13.9. The number of nitrogens with one attached hydrogen (secondary N) is 1. The Kier molecular flexibility index (Phi) is 7.56. The molecule has 8 nitrogen and oxygen atoms in total. The number of hydrogen-bond acceptors (Lipinski definition) is 5. The molecule has 3 N–H and O–H groups in total. The smallest absolute Gasteiger partial charge is 0.370 e. The molecule has 3 rings (SSSR count). The summed E-state index contributed by atoms with van der Waals surface area (Å²) >= 11 is 0. The zero-order chi connectivity index (χ0) is 25.3. The van der Waals surface area contributed by atoms with Gasteiger partial charge in [0.25, 0.3) is 11.8 Å². The highest BCUT2D eigenvalue weighted by atomic mass is 19.4. The Bertz CT molecular complexity index is 941. The summed E-state index contributed by atoms with van der Waals surface area (Å²) in [6, 6.07) is 1.78. The number of anilines is 2. The number of halogens is 3. The molecule has 3 amide bonds. The van der Waals surface area contributed by atoms with Crippen LogP contribution < -0.4 is 16.0 Å². The third-order valence-corrected chi connectivity index (χ3v) is 5.91. The Hall–Kier alpha value is -2.66. The highest BCUT2D eigenvalue weighted by molar-refractivity contribution is 6.10. The van der Waals surface area contributed by atoms with Crippen LogP contribution in [0.15, 0.2) is 18.2 Å². The molecule has 1 aliphatic heterocycles. The highest BCUT2D eigenvalue weighted by Crippen LogP contribution is 2.38. The van der Waals surface area contributed by atoms with Crippen LogP contribution in [-0.2, 0) is 25.3 Å². The highest BCUT2D eigenvalue weighted by Gasteiger charge is 2.41. The Morgan fingerprint density at radius 2 is 1.94 bits per heavy atom. The first kappa shape index (κ1) is 26.0. The van der Waals surface area contributed by atoms with Crippen LogP contribution in [-0.4, -0.2) is 61.0 Å². The van der Waals surface area contributed by atoms with Crippen LogP contribution in [0.3, 0.4) is 0 Å². The largest absolute Gasteiger partial charge is 0.418 e. The van der Waals surface area contributed by atoms with E-state index in [1.165, 1.54) is 11.0 Å². The number of ether oxygens (including phenoxy) is 1. The van der Waals surface area contributed by atoms with Gasteiger partial charge in [0.05, 0.1) is 17.9 Å². The van der Waals surface area contributed by atoms with Gasteiger partial charge in [0.15, 0.2) is 6.04 Å². The molecule has 0 unspecified atom stereocenters. The number of primary amides is 1. The van der Waals surface area contributed by atoms with Gasteiger partial charge >= 0.3 is 6.18 Å². The second kappa shape index (κ2) is 9.91. The molecule has 0 radical (unpaired) electrons. The second-order valence-electron chi connectivity index (χ2n) is 9.94. The fourth-order valence-corrected chi connectivity index (χ4v) is 4.18. The van der Waals surface area contributed by atoms with E-state index in [0.717, 1.165) is 31.4 Å². The van der Waals surface area contributed by atoms with Gasteiger partial charge in [-0.25, -0.2) is 0 Å². The molecule has 1 saturated carbocycles. The fraction of sp³-hybridized carbons (Fsp3) is 0.609. The van der Waals surface area contributed by atoms with Crippen LogP contribution in [0.5, 0.6) is 0 Å². The van der Waals surface area contributed by atoms with E-state index in [0.29, 0.717) is 6.54 Å². The number of carbonyl (C=O) groups excluding carboxylic acids is 3. The van der Waals surface area contributed by atoms with Gasteiger partial charge in [-0.3, -0.25) is 19.3 Å². The zero-order valence-corrected chi connectivity index (χ0v) is 19.6. The predicted octanol–water partition coefficient (Wildman–Crippen LogP) is 2.76. The molecule has 1 aromatic carbocycles. The average molecular weight is 485 g/mol. The maximum atomic E-state index is 13.9. The molecule has 0 bridgehead atoms. The molecule has 0 spiro atoms. The molecular formula is C23H31F3N4O4. The van der Waals surface area contributed by atoms with E-state index in [1.807, 2.05) is 20.8 Å². The summed E-state index contributed by atoms with van der Waals surface area (Å²) in [4.78, 5) is 40.4. The Morgan fingerprint density at radius 1 is 1.26 bits per heavy atom. The van der Waals surface area contributed by atoms with Gasteiger partial charge in [-0.05, 0) is 36.5 Å². The van der Waals surface area contributed by atoms with Gasteiger partial charge in [0.2, 0.25) is 5.91 Å². The Labute approximate surface area is 196 Å². The molecule has 1 saturated heterocycles. The van der Waals surface area contributed by atoms with Crippen LogP contribution >= 0.6 is 0 Å². The van der Waals surface area contributed by atoms with E-state index in [9.17, 15) is 27.6 Å². The van der Waals surface area contributed by atoms with Crippen molar-refractivity contribution in [2.45, 2.75) is 58.3 Å². The summed E-state index contributed by atoms with van der Waals surface area (Å²) in [5, 5.41) is 2.28. The molecule has 11 heteroatoms. The van der Waals surface area contributed by atoms with Crippen LogP contribution in [0.2, 0.25) is 0 Å². The van der Waals surface area contributed by atoms with Crippen molar-refractivity contribution < 1.29 is 32.3 Å². The number of carbonyl (C=O) groups is 3. The molecule has 34 heavy (non-hydrogen) atoms. The van der Waals surface area contributed by atoms with E-state index in [4.69, 9.17) is 10.5 Å². The molecule has 1 aromatic rings. The first-order valence-electron chi connectivity index (χ1n) is 11.2. The first-order chi connectivity index (χ1) is 15.8. The van der Waals surface area contributed by atoms with E-state index in [2.05, 4.69) is 5.32 Å². The number of morpholine rings is 1. The van der Waals surface area contributed by atoms with Crippen molar-refractivity contribution in [3.05, 3.63) is 23.8 Å². The van der Waals surface area contributed by atoms with Crippen molar-refractivity contribution in [3.8, 4) is 0 Å². The predicted molar refractivity (Wildman–Crippen MR) is 120 cm³/mol. The molecule has 2 fully saturated rings. The standard InChI is InChI=1S/C23H31F3N4O4/c1-22(2,3)13-30(14-5-4-6-14)19(20(27)32)21(33)28-17-8-7-15(11-16(17)23(24,25)26)29-9-10-34-12-18(29)31/h7-8,11,14,19H,4-6,9-10,12-13H2,1-3H3,(H2,27,32)(H,28,33)/t19-/m1/s1. The van der Waals surface area contributed by atoms with Gasteiger partial charge in [-0.2, -0.15) is 13.2 Å². The molecule has 0 aromatic heterocycles. The lowest BCUT2D eigenvalue weighted by Gasteiger charge is -2.43. The van der Waals surface area contributed by atoms with Gasteiger partial charge in [-0.1, -0.05) is 27.2 Å². The first-order valence-corrected chi connectivity index (χ1v) is 11.2. The number of nitrogens with two attached hydrogens (primary N) is 1. The van der Waals surface area contributed by atoms with Crippen molar-refractivity contribution in [2.75, 3.05) is 36.5 Å². The van der Waals surface area contributed by atoms with Crippen LogP contribution in [0, 0.1) is 5.41 Å². The second-order valence-corrected chi connectivity index (χ2v) is 9.94. The van der Waals surface area contributed by atoms with Gasteiger partial charge < -0.3 is 20.7 Å². The topological polar surface area (TPSA) is 105 Å². The lowest BCUT2D eigenvalue weighted by molar-refractivity contribution is -0.137. The normalized spacial score (nSPS) is 18.6. The van der Waals surface area contributed by atoms with Crippen molar-refractivity contribution >= 4 is 29.1 Å². The maximum Gasteiger partial charge on any atom is 0.418 e. The molecule has 1 aliphatic carbocycles. The van der Waals surface area contributed by atoms with Gasteiger partial charge in [-0.15, -0.1) is 0 Å². The fourth-order valence-electron chi connectivity index (χ4n) is 4.18. The van der Waals surface area contributed by atoms with Crippen molar-refractivity contribution in [2.24, 2.45) is 11.1 Å². The zero-order valence-electron chi connectivity index (χ0n) is 19.6. The van der Waals surface area contributed by atoms with Crippen molar-refractivity contribution in [1.82, 2.24) is 4.90 Å². The third kappa shape index (κ3) is 6.06. The van der Waals surface area contributed by atoms with Crippen LogP contribution in [0.4, 0.5) is 24.5 Å². The number of nitrogens with zero attached hydrogens (tertiary/aromatic N) is 2. The van der Waals surface area contributed by atoms with E-state index < -0.39 is 41.2 Å². The summed E-state index contributed by atoms with van der Waals surface area (Å²) in [7, 11) is 0. The minimum Gasteiger partial charge on any atom is -0.370 e. The number of alkyl halides is 3. The lowest BCUT2D eigenvalue weighted by Crippen LogP contribution is -2.59. The average Bonchev–Trinajstić information content (AvgIpc) is 2.65. The van der Waals surface area contributed by atoms with Gasteiger partial charge in [0.1, 0.15) is 6.61 Å². The molecule has 188 valence electrons. The van der Waals surface area contributed by atoms with E-state index >= 15 is 0 Å². The molecule has 2 aliphatic rings. The quantitative estimate of drug-likeness (QED) is 0.579. The van der Waals surface area contributed by atoms with Crippen molar-refractivity contribution in [3.63, 3.8) is 0 Å². The van der Waals surface area contributed by atoms with Crippen LogP contribution in [0.1, 0.15) is 45.6 Å². The molecular weight excluding hydrogens is 453 g/mol. The number of rotatable bonds is 7. The number of benzene rings is 1. The third-order valence-electron chi connectivity index (χ3n) is 5.91. The number of hydrogen-bond donors (Lipinski definition) is 2.